The van der Waals surface area contributed by atoms with E-state index in [4.69, 9.17) is 9.47 Å². The summed E-state index contributed by atoms with van der Waals surface area (Å²) >= 11 is 0. The number of nitro benzene ring substituents is 1. The van der Waals surface area contributed by atoms with Crippen LogP contribution in [0.5, 0.6) is 11.5 Å². The summed E-state index contributed by atoms with van der Waals surface area (Å²) in [6, 6.07) is 5.89. The van der Waals surface area contributed by atoms with Crippen LogP contribution in [0.1, 0.15) is 41.4 Å². The summed E-state index contributed by atoms with van der Waals surface area (Å²) in [6.45, 7) is 3.39. The van der Waals surface area contributed by atoms with E-state index in [0.29, 0.717) is 0 Å². The second-order valence-corrected chi connectivity index (χ2v) is 6.03. The summed E-state index contributed by atoms with van der Waals surface area (Å²) in [4.78, 5) is 23.3. The molecule has 2 aromatic rings. The van der Waals surface area contributed by atoms with Gasteiger partial charge in [-0.25, -0.2) is 0 Å². The van der Waals surface area contributed by atoms with Gasteiger partial charge < -0.3 is 14.8 Å². The Hall–Kier alpha value is -3.30. The summed E-state index contributed by atoms with van der Waals surface area (Å²) in [6.07, 6.45) is -4.53. The SMILES string of the molecule is CCOc1cc([N+](=O)[O-])c(C(=O)NC(C)c2cccc(C(F)(F)F)c2)cc1OC. The Kier molecular flexibility index (Phi) is 6.68. The zero-order chi connectivity index (χ0) is 21.8. The predicted molar refractivity (Wildman–Crippen MR) is 98.1 cm³/mol. The Labute approximate surface area is 164 Å². The van der Waals surface area contributed by atoms with Crippen LogP contribution in [0.25, 0.3) is 0 Å². The second-order valence-electron chi connectivity index (χ2n) is 6.03. The molecular formula is C19H19F3N2O5. The zero-order valence-electron chi connectivity index (χ0n) is 15.9. The van der Waals surface area contributed by atoms with Crippen molar-refractivity contribution >= 4 is 11.6 Å². The Morgan fingerprint density at radius 1 is 1.24 bits per heavy atom. The Bertz CT molecular complexity index is 915. The number of ether oxygens (including phenoxy) is 2. The highest BCUT2D eigenvalue weighted by Crippen LogP contribution is 2.35. The van der Waals surface area contributed by atoms with Gasteiger partial charge in [-0.15, -0.1) is 0 Å². The first kappa shape index (κ1) is 22.0. The molecular weight excluding hydrogens is 393 g/mol. The molecule has 0 bridgehead atoms. The molecule has 0 aliphatic rings. The molecule has 0 radical (unpaired) electrons. The molecule has 1 amide bonds. The first-order valence-electron chi connectivity index (χ1n) is 8.55. The fourth-order valence-electron chi connectivity index (χ4n) is 2.65. The number of nitrogens with one attached hydrogen (secondary N) is 1. The maximum Gasteiger partial charge on any atom is 0.416 e. The lowest BCUT2D eigenvalue weighted by atomic mass is 10.0. The van der Waals surface area contributed by atoms with Crippen LogP contribution in [0.4, 0.5) is 18.9 Å². The van der Waals surface area contributed by atoms with E-state index in [2.05, 4.69) is 5.32 Å². The molecule has 156 valence electrons. The van der Waals surface area contributed by atoms with Crippen molar-refractivity contribution < 1.29 is 32.4 Å². The van der Waals surface area contributed by atoms with Crippen molar-refractivity contribution in [1.82, 2.24) is 5.32 Å². The number of carbonyl (C=O) groups is 1. The first-order valence-corrected chi connectivity index (χ1v) is 8.55. The van der Waals surface area contributed by atoms with Crippen LogP contribution in [-0.4, -0.2) is 24.5 Å². The van der Waals surface area contributed by atoms with Crippen molar-refractivity contribution in [3.8, 4) is 11.5 Å². The van der Waals surface area contributed by atoms with Crippen molar-refractivity contribution in [2.45, 2.75) is 26.1 Å². The summed E-state index contributed by atoms with van der Waals surface area (Å²) in [5, 5.41) is 13.9. The third-order valence-electron chi connectivity index (χ3n) is 4.08. The van der Waals surface area contributed by atoms with Crippen LogP contribution in [-0.2, 0) is 6.18 Å². The van der Waals surface area contributed by atoms with Gasteiger partial charge in [0.25, 0.3) is 11.6 Å². The van der Waals surface area contributed by atoms with Gasteiger partial charge in [0.05, 0.1) is 36.3 Å². The minimum Gasteiger partial charge on any atom is -0.493 e. The monoisotopic (exact) mass is 412 g/mol. The molecule has 29 heavy (non-hydrogen) atoms. The molecule has 0 aliphatic carbocycles. The van der Waals surface area contributed by atoms with E-state index in [0.717, 1.165) is 24.3 Å². The lowest BCUT2D eigenvalue weighted by molar-refractivity contribution is -0.385. The fourth-order valence-corrected chi connectivity index (χ4v) is 2.65. The van der Waals surface area contributed by atoms with Crippen LogP contribution >= 0.6 is 0 Å². The number of rotatable bonds is 7. The number of nitro groups is 1. The Balaban J connectivity index is 2.36. The summed E-state index contributed by atoms with van der Waals surface area (Å²) in [7, 11) is 1.32. The summed E-state index contributed by atoms with van der Waals surface area (Å²) in [5.74, 6) is -0.610. The average molecular weight is 412 g/mol. The van der Waals surface area contributed by atoms with Gasteiger partial charge in [-0.2, -0.15) is 13.2 Å². The molecule has 0 heterocycles. The van der Waals surface area contributed by atoms with Gasteiger partial charge in [-0.05, 0) is 31.5 Å². The van der Waals surface area contributed by atoms with Gasteiger partial charge in [0.2, 0.25) is 0 Å². The quantitative estimate of drug-likeness (QED) is 0.534. The highest BCUT2D eigenvalue weighted by molar-refractivity contribution is 5.99. The number of hydrogen-bond acceptors (Lipinski definition) is 5. The van der Waals surface area contributed by atoms with Gasteiger partial charge >= 0.3 is 6.18 Å². The third-order valence-corrected chi connectivity index (χ3v) is 4.08. The molecule has 0 saturated carbocycles. The van der Waals surface area contributed by atoms with E-state index >= 15 is 0 Å². The number of hydrogen-bond donors (Lipinski definition) is 1. The lowest BCUT2D eigenvalue weighted by Crippen LogP contribution is -2.27. The minimum atomic E-state index is -4.53. The van der Waals surface area contributed by atoms with Crippen LogP contribution in [0, 0.1) is 10.1 Å². The van der Waals surface area contributed by atoms with E-state index in [1.54, 1.807) is 6.92 Å². The largest absolute Gasteiger partial charge is 0.493 e. The topological polar surface area (TPSA) is 90.7 Å². The number of methoxy groups -OCH3 is 1. The third kappa shape index (κ3) is 5.15. The van der Waals surface area contributed by atoms with Crippen LogP contribution < -0.4 is 14.8 Å². The standard InChI is InChI=1S/C19H19F3N2O5/c1-4-29-17-10-15(24(26)27)14(9-16(17)28-3)18(25)23-11(2)12-6-5-7-13(8-12)19(20,21)22/h5-11H,4H2,1-3H3,(H,23,25). The first-order chi connectivity index (χ1) is 13.6. The highest BCUT2D eigenvalue weighted by atomic mass is 19.4. The maximum absolute atomic E-state index is 12.9. The fraction of sp³-hybridized carbons (Fsp3) is 0.316. The molecule has 0 aromatic heterocycles. The van der Waals surface area contributed by atoms with Crippen molar-refractivity contribution in [2.24, 2.45) is 0 Å². The average Bonchev–Trinajstić information content (AvgIpc) is 2.67. The number of benzene rings is 2. The van der Waals surface area contributed by atoms with Gasteiger partial charge in [-0.3, -0.25) is 14.9 Å². The molecule has 10 heteroatoms. The molecule has 2 rings (SSSR count). The van der Waals surface area contributed by atoms with Crippen molar-refractivity contribution in [3.63, 3.8) is 0 Å². The lowest BCUT2D eigenvalue weighted by Gasteiger charge is -2.17. The zero-order valence-corrected chi connectivity index (χ0v) is 15.9. The minimum absolute atomic E-state index is 0.101. The number of carbonyl (C=O) groups excluding carboxylic acids is 1. The maximum atomic E-state index is 12.9. The summed E-state index contributed by atoms with van der Waals surface area (Å²) < 4.78 is 49.1. The van der Waals surface area contributed by atoms with Gasteiger partial charge in [0, 0.05) is 6.07 Å². The van der Waals surface area contributed by atoms with E-state index in [1.807, 2.05) is 0 Å². The molecule has 0 fully saturated rings. The number of amides is 1. The Morgan fingerprint density at radius 3 is 2.48 bits per heavy atom. The summed E-state index contributed by atoms with van der Waals surface area (Å²) in [5.41, 5.74) is -1.46. The van der Waals surface area contributed by atoms with Crippen LogP contribution in [0.3, 0.4) is 0 Å². The van der Waals surface area contributed by atoms with Gasteiger partial charge in [0.1, 0.15) is 5.56 Å². The van der Waals surface area contributed by atoms with E-state index in [9.17, 15) is 28.1 Å². The second kappa shape index (κ2) is 8.80. The molecule has 7 nitrogen and oxygen atoms in total. The molecule has 2 aromatic carbocycles. The Morgan fingerprint density at radius 2 is 1.93 bits per heavy atom. The number of nitrogens with zero attached hydrogens (tertiary/aromatic N) is 1. The molecule has 1 N–H and O–H groups in total. The van der Waals surface area contributed by atoms with Gasteiger partial charge in [-0.1, -0.05) is 12.1 Å². The number of halogens is 3. The van der Waals surface area contributed by atoms with Crippen molar-refractivity contribution in [2.75, 3.05) is 13.7 Å². The number of alkyl halides is 3. The molecule has 0 saturated heterocycles. The highest BCUT2D eigenvalue weighted by Gasteiger charge is 2.31. The van der Waals surface area contributed by atoms with Gasteiger partial charge in [0.15, 0.2) is 11.5 Å². The van der Waals surface area contributed by atoms with Crippen molar-refractivity contribution in [3.05, 3.63) is 63.2 Å². The van der Waals surface area contributed by atoms with E-state index in [1.165, 1.54) is 26.2 Å². The van der Waals surface area contributed by atoms with Crippen LogP contribution in [0.2, 0.25) is 0 Å². The predicted octanol–water partition coefficient (Wildman–Crippen LogP) is 4.51. The smallest absolute Gasteiger partial charge is 0.416 e. The van der Waals surface area contributed by atoms with Crippen molar-refractivity contribution in [1.29, 1.82) is 0 Å². The van der Waals surface area contributed by atoms with E-state index in [-0.39, 0.29) is 29.2 Å². The van der Waals surface area contributed by atoms with Crippen LogP contribution in [0.15, 0.2) is 36.4 Å². The van der Waals surface area contributed by atoms with E-state index < -0.39 is 34.3 Å². The molecule has 1 unspecified atom stereocenters. The molecule has 0 aliphatic heterocycles. The molecule has 0 spiro atoms. The normalized spacial score (nSPS) is 12.2. The molecule has 1 atom stereocenters.